The van der Waals surface area contributed by atoms with E-state index in [1.807, 2.05) is 55.6 Å². The van der Waals surface area contributed by atoms with Gasteiger partial charge in [0.15, 0.2) is 5.11 Å². The van der Waals surface area contributed by atoms with Crippen LogP contribution >= 0.6 is 23.6 Å². The fraction of sp³-hybridized carbons (Fsp3) is 0.222. The molecule has 0 fully saturated rings. The molecule has 2 N–H and O–H groups in total. The van der Waals surface area contributed by atoms with Crippen LogP contribution in [0.25, 0.3) is 0 Å². The SMILES string of the molecule is CC1=C(C(=O)OCc2ccccc2)[C@H](c2sccc2C)NC(=S)N1. The summed E-state index contributed by atoms with van der Waals surface area (Å²) < 4.78 is 5.53. The minimum Gasteiger partial charge on any atom is -0.457 e. The zero-order chi connectivity index (χ0) is 17.1. The van der Waals surface area contributed by atoms with Gasteiger partial charge in [-0.25, -0.2) is 4.79 Å². The molecule has 0 radical (unpaired) electrons. The molecule has 0 spiro atoms. The Labute approximate surface area is 150 Å². The fourth-order valence-corrected chi connectivity index (χ4v) is 3.90. The number of rotatable bonds is 4. The number of allylic oxidation sites excluding steroid dienone is 1. The predicted molar refractivity (Wildman–Crippen MR) is 99.6 cm³/mol. The molecule has 0 aliphatic carbocycles. The van der Waals surface area contributed by atoms with Gasteiger partial charge in [-0.2, -0.15) is 0 Å². The number of aryl methyl sites for hydroxylation is 1. The van der Waals surface area contributed by atoms with Crippen molar-refractivity contribution in [1.29, 1.82) is 0 Å². The molecule has 1 aliphatic rings. The second kappa shape index (κ2) is 7.15. The Morgan fingerprint density at radius 1 is 1.25 bits per heavy atom. The van der Waals surface area contributed by atoms with Gasteiger partial charge in [0, 0.05) is 10.6 Å². The number of thiocarbonyl (C=S) groups is 1. The lowest BCUT2D eigenvalue weighted by atomic mass is 10.00. The van der Waals surface area contributed by atoms with Crippen molar-refractivity contribution in [1.82, 2.24) is 10.6 Å². The number of carbonyl (C=O) groups is 1. The number of esters is 1. The van der Waals surface area contributed by atoms with Gasteiger partial charge in [0.25, 0.3) is 0 Å². The predicted octanol–water partition coefficient (Wildman–Crippen LogP) is 3.59. The highest BCUT2D eigenvalue weighted by molar-refractivity contribution is 7.80. The Morgan fingerprint density at radius 3 is 2.67 bits per heavy atom. The van der Waals surface area contributed by atoms with Crippen molar-refractivity contribution in [2.24, 2.45) is 0 Å². The monoisotopic (exact) mass is 358 g/mol. The van der Waals surface area contributed by atoms with Crippen LogP contribution in [0.3, 0.4) is 0 Å². The zero-order valence-corrected chi connectivity index (χ0v) is 15.1. The normalized spacial score (nSPS) is 17.2. The maximum absolute atomic E-state index is 12.7. The Morgan fingerprint density at radius 2 is 2.00 bits per heavy atom. The fourth-order valence-electron chi connectivity index (χ4n) is 2.64. The highest BCUT2D eigenvalue weighted by Crippen LogP contribution is 2.33. The van der Waals surface area contributed by atoms with E-state index < -0.39 is 0 Å². The standard InChI is InChI=1S/C18H18N2O2S2/c1-11-8-9-24-16(11)15-14(12(2)19-18(23)20-15)17(21)22-10-13-6-4-3-5-7-13/h3-9,15H,10H2,1-2H3,(H2,19,20,23)/t15-/m1/s1. The molecule has 3 rings (SSSR count). The van der Waals surface area contributed by atoms with Crippen molar-refractivity contribution >= 4 is 34.6 Å². The Bertz CT molecular complexity index is 796. The minimum atomic E-state index is -0.336. The Hall–Kier alpha value is -2.18. The van der Waals surface area contributed by atoms with E-state index in [9.17, 15) is 4.79 Å². The van der Waals surface area contributed by atoms with Crippen LogP contribution in [0, 0.1) is 6.92 Å². The van der Waals surface area contributed by atoms with E-state index in [-0.39, 0.29) is 18.6 Å². The van der Waals surface area contributed by atoms with E-state index in [0.29, 0.717) is 10.7 Å². The largest absolute Gasteiger partial charge is 0.457 e. The number of hydrogen-bond acceptors (Lipinski definition) is 4. The average Bonchev–Trinajstić information content (AvgIpc) is 2.99. The molecule has 24 heavy (non-hydrogen) atoms. The van der Waals surface area contributed by atoms with E-state index in [1.165, 1.54) is 0 Å². The van der Waals surface area contributed by atoms with Crippen LogP contribution in [0.15, 0.2) is 53.0 Å². The van der Waals surface area contributed by atoms with E-state index in [1.54, 1.807) is 11.3 Å². The van der Waals surface area contributed by atoms with Gasteiger partial charge in [-0.05, 0) is 48.6 Å². The molecule has 0 bridgehead atoms. The van der Waals surface area contributed by atoms with Crippen LogP contribution in [-0.2, 0) is 16.1 Å². The van der Waals surface area contributed by atoms with Crippen molar-refractivity contribution < 1.29 is 9.53 Å². The third-order valence-corrected chi connectivity index (χ3v) is 5.17. The number of carbonyl (C=O) groups excluding carboxylic acids is 1. The zero-order valence-electron chi connectivity index (χ0n) is 13.5. The molecule has 2 heterocycles. The van der Waals surface area contributed by atoms with Crippen molar-refractivity contribution in [3.63, 3.8) is 0 Å². The lowest BCUT2D eigenvalue weighted by Gasteiger charge is -2.29. The molecule has 124 valence electrons. The van der Waals surface area contributed by atoms with Gasteiger partial charge in [-0.3, -0.25) is 0 Å². The molecular weight excluding hydrogens is 340 g/mol. The molecule has 1 aliphatic heterocycles. The lowest BCUT2D eigenvalue weighted by Crippen LogP contribution is -2.45. The van der Waals surface area contributed by atoms with E-state index in [2.05, 4.69) is 10.6 Å². The highest BCUT2D eigenvalue weighted by atomic mass is 32.1. The van der Waals surface area contributed by atoms with Crippen molar-refractivity contribution in [3.8, 4) is 0 Å². The molecule has 0 unspecified atom stereocenters. The summed E-state index contributed by atoms with van der Waals surface area (Å²) in [5.41, 5.74) is 3.39. The number of thiophene rings is 1. The van der Waals surface area contributed by atoms with Gasteiger partial charge >= 0.3 is 5.97 Å². The van der Waals surface area contributed by atoms with Gasteiger partial charge in [0.2, 0.25) is 0 Å². The molecule has 0 saturated carbocycles. The summed E-state index contributed by atoms with van der Waals surface area (Å²) in [4.78, 5) is 13.8. The molecule has 2 aromatic rings. The van der Waals surface area contributed by atoms with Crippen LogP contribution < -0.4 is 10.6 Å². The van der Waals surface area contributed by atoms with Crippen molar-refractivity contribution in [2.45, 2.75) is 26.5 Å². The van der Waals surface area contributed by atoms with Gasteiger partial charge in [-0.15, -0.1) is 11.3 Å². The molecule has 0 amide bonds. The van der Waals surface area contributed by atoms with E-state index in [4.69, 9.17) is 17.0 Å². The first kappa shape index (κ1) is 16.7. The van der Waals surface area contributed by atoms with Crippen molar-refractivity contribution in [2.75, 3.05) is 0 Å². The third kappa shape index (κ3) is 3.49. The smallest absolute Gasteiger partial charge is 0.338 e. The molecular formula is C18H18N2O2S2. The maximum Gasteiger partial charge on any atom is 0.338 e. The summed E-state index contributed by atoms with van der Waals surface area (Å²) in [5.74, 6) is -0.336. The number of hydrogen-bond donors (Lipinski definition) is 2. The molecule has 1 atom stereocenters. The van der Waals surface area contributed by atoms with Crippen LogP contribution in [0.1, 0.15) is 29.0 Å². The van der Waals surface area contributed by atoms with Crippen LogP contribution in [0.4, 0.5) is 0 Å². The first-order valence-corrected chi connectivity index (χ1v) is 8.88. The Kier molecular flexibility index (Phi) is 4.97. The summed E-state index contributed by atoms with van der Waals surface area (Å²) in [6.45, 7) is 4.13. The van der Waals surface area contributed by atoms with E-state index in [0.717, 1.165) is 21.7 Å². The van der Waals surface area contributed by atoms with Gasteiger partial charge in [0.05, 0.1) is 11.6 Å². The second-order valence-electron chi connectivity index (χ2n) is 5.60. The maximum atomic E-state index is 12.7. The van der Waals surface area contributed by atoms with Crippen LogP contribution in [0.5, 0.6) is 0 Å². The summed E-state index contributed by atoms with van der Waals surface area (Å²) in [7, 11) is 0. The summed E-state index contributed by atoms with van der Waals surface area (Å²) in [6, 6.07) is 11.4. The molecule has 6 heteroatoms. The molecule has 4 nitrogen and oxygen atoms in total. The summed E-state index contributed by atoms with van der Waals surface area (Å²) in [5, 5.41) is 8.75. The van der Waals surface area contributed by atoms with Crippen molar-refractivity contribution in [3.05, 3.63) is 69.1 Å². The quantitative estimate of drug-likeness (QED) is 0.646. The first-order valence-electron chi connectivity index (χ1n) is 7.59. The Balaban J connectivity index is 1.84. The van der Waals surface area contributed by atoms with Gasteiger partial charge in [0.1, 0.15) is 6.61 Å². The number of nitrogens with one attached hydrogen (secondary N) is 2. The lowest BCUT2D eigenvalue weighted by molar-refractivity contribution is -0.140. The average molecular weight is 358 g/mol. The molecule has 0 saturated heterocycles. The van der Waals surface area contributed by atoms with Crippen LogP contribution in [-0.4, -0.2) is 11.1 Å². The summed E-state index contributed by atoms with van der Waals surface area (Å²) >= 11 is 6.86. The van der Waals surface area contributed by atoms with Gasteiger partial charge < -0.3 is 15.4 Å². The summed E-state index contributed by atoms with van der Waals surface area (Å²) in [6.07, 6.45) is 0. The van der Waals surface area contributed by atoms with Crippen LogP contribution in [0.2, 0.25) is 0 Å². The second-order valence-corrected chi connectivity index (χ2v) is 6.96. The topological polar surface area (TPSA) is 50.4 Å². The highest BCUT2D eigenvalue weighted by Gasteiger charge is 2.32. The molecule has 1 aromatic heterocycles. The van der Waals surface area contributed by atoms with Gasteiger partial charge in [-0.1, -0.05) is 30.3 Å². The number of benzene rings is 1. The molecule has 1 aromatic carbocycles. The third-order valence-electron chi connectivity index (χ3n) is 3.87. The number of ether oxygens (including phenoxy) is 1. The minimum absolute atomic E-state index is 0.247. The van der Waals surface area contributed by atoms with E-state index >= 15 is 0 Å². The first-order chi connectivity index (χ1) is 11.6.